The minimum absolute atomic E-state index is 0.100. The first-order chi connectivity index (χ1) is 14.7. The monoisotopic (exact) mass is 422 g/mol. The molecule has 1 aromatic carbocycles. The number of H-pyrrole nitrogens is 1. The lowest BCUT2D eigenvalue weighted by Gasteiger charge is -2.23. The number of thiophene rings is 1. The van der Waals surface area contributed by atoms with Gasteiger partial charge in [0.2, 0.25) is 5.91 Å². The molecule has 0 bridgehead atoms. The Morgan fingerprint density at radius 2 is 2.03 bits per heavy atom. The maximum absolute atomic E-state index is 13.2. The largest absolute Gasteiger partial charge is 0.341 e. The highest BCUT2D eigenvalue weighted by Crippen LogP contribution is 2.26. The van der Waals surface area contributed by atoms with E-state index in [-0.39, 0.29) is 17.7 Å². The zero-order chi connectivity index (χ0) is 20.9. The van der Waals surface area contributed by atoms with Gasteiger partial charge in [-0.25, -0.2) is 0 Å². The van der Waals surface area contributed by atoms with E-state index in [1.165, 1.54) is 10.4 Å². The van der Waals surface area contributed by atoms with Crippen molar-refractivity contribution in [2.45, 2.75) is 19.8 Å². The molecule has 1 fully saturated rings. The maximum Gasteiger partial charge on any atom is 0.271 e. The van der Waals surface area contributed by atoms with Crippen LogP contribution in [0.15, 0.2) is 54.0 Å². The van der Waals surface area contributed by atoms with Gasteiger partial charge >= 0.3 is 0 Å². The van der Waals surface area contributed by atoms with Crippen LogP contribution in [0.3, 0.4) is 0 Å². The van der Waals surface area contributed by atoms with Gasteiger partial charge in [-0.05, 0) is 41.5 Å². The molecule has 0 spiro atoms. The molecule has 3 heterocycles. The number of amides is 2. The minimum atomic E-state index is -0.251. The molecule has 1 N–H and O–H groups in total. The third-order valence-electron chi connectivity index (χ3n) is 5.50. The molecule has 1 saturated heterocycles. The van der Waals surface area contributed by atoms with Gasteiger partial charge in [-0.2, -0.15) is 5.10 Å². The number of nitrogens with one attached hydrogen (secondary N) is 1. The van der Waals surface area contributed by atoms with Crippen LogP contribution in [0, 0.1) is 5.92 Å². The van der Waals surface area contributed by atoms with Gasteiger partial charge in [-0.3, -0.25) is 14.7 Å². The van der Waals surface area contributed by atoms with Gasteiger partial charge in [0.25, 0.3) is 5.91 Å². The summed E-state index contributed by atoms with van der Waals surface area (Å²) in [5.74, 6) is -0.214. The summed E-state index contributed by atoms with van der Waals surface area (Å²) in [5, 5.41) is 8.71. The highest BCUT2D eigenvalue weighted by molar-refractivity contribution is 7.13. The molecule has 1 atom stereocenters. The summed E-state index contributed by atoms with van der Waals surface area (Å²) < 4.78 is 0. The summed E-state index contributed by atoms with van der Waals surface area (Å²) in [6.07, 6.45) is 3.10. The fourth-order valence-electron chi connectivity index (χ4n) is 3.95. The molecule has 0 unspecified atom stereocenters. The standard InChI is InChI=1S/C23H26N4O2S/c1-2-11-26-12-13-27(23(29)20-9-10-24-25-20)16-19(22(26)28)15-17-5-7-18(8-6-17)21-4-3-14-30-21/h3-10,14,19H,2,11-13,15-16H2,1H3,(H,24,25)/t19-/m0/s1. The molecule has 3 aromatic rings. The van der Waals surface area contributed by atoms with E-state index in [4.69, 9.17) is 0 Å². The lowest BCUT2D eigenvalue weighted by Crippen LogP contribution is -2.38. The summed E-state index contributed by atoms with van der Waals surface area (Å²) in [5.41, 5.74) is 2.76. The number of carbonyl (C=O) groups excluding carboxylic acids is 2. The fraction of sp³-hybridized carbons (Fsp3) is 0.348. The van der Waals surface area contributed by atoms with Crippen molar-refractivity contribution in [1.82, 2.24) is 20.0 Å². The quantitative estimate of drug-likeness (QED) is 0.659. The highest BCUT2D eigenvalue weighted by Gasteiger charge is 2.32. The molecule has 7 heteroatoms. The molecule has 6 nitrogen and oxygen atoms in total. The summed E-state index contributed by atoms with van der Waals surface area (Å²) in [6, 6.07) is 14.2. The number of nitrogens with zero attached hydrogens (tertiary/aromatic N) is 3. The number of rotatable bonds is 6. The number of aromatic nitrogens is 2. The lowest BCUT2D eigenvalue weighted by molar-refractivity contribution is -0.134. The van der Waals surface area contributed by atoms with Crippen LogP contribution < -0.4 is 0 Å². The fourth-order valence-corrected chi connectivity index (χ4v) is 4.68. The molecule has 2 aromatic heterocycles. The molecule has 2 amide bonds. The van der Waals surface area contributed by atoms with Crippen LogP contribution in [0.25, 0.3) is 10.4 Å². The Hall–Kier alpha value is -2.93. The van der Waals surface area contributed by atoms with E-state index in [1.54, 1.807) is 28.5 Å². The van der Waals surface area contributed by atoms with E-state index in [0.29, 0.717) is 31.7 Å². The third-order valence-corrected chi connectivity index (χ3v) is 6.41. The van der Waals surface area contributed by atoms with Gasteiger partial charge in [0.15, 0.2) is 0 Å². The van der Waals surface area contributed by atoms with Crippen molar-refractivity contribution in [3.8, 4) is 10.4 Å². The van der Waals surface area contributed by atoms with E-state index >= 15 is 0 Å². The van der Waals surface area contributed by atoms with E-state index in [2.05, 4.69) is 52.8 Å². The van der Waals surface area contributed by atoms with Crippen LogP contribution in [0.2, 0.25) is 0 Å². The molecule has 1 aliphatic rings. The Balaban J connectivity index is 1.53. The van der Waals surface area contributed by atoms with Crippen molar-refractivity contribution in [3.63, 3.8) is 0 Å². The average Bonchev–Trinajstić information content (AvgIpc) is 3.46. The Morgan fingerprint density at radius 1 is 1.20 bits per heavy atom. The summed E-state index contributed by atoms with van der Waals surface area (Å²) in [7, 11) is 0. The van der Waals surface area contributed by atoms with Crippen molar-refractivity contribution < 1.29 is 9.59 Å². The lowest BCUT2D eigenvalue weighted by atomic mass is 9.96. The molecule has 156 valence electrons. The van der Waals surface area contributed by atoms with Crippen LogP contribution in [-0.2, 0) is 11.2 Å². The molecule has 0 aliphatic carbocycles. The maximum atomic E-state index is 13.2. The first kappa shape index (κ1) is 20.3. The van der Waals surface area contributed by atoms with Gasteiger partial charge < -0.3 is 9.80 Å². The zero-order valence-electron chi connectivity index (χ0n) is 17.1. The number of aromatic amines is 1. The smallest absolute Gasteiger partial charge is 0.271 e. The van der Waals surface area contributed by atoms with Gasteiger partial charge in [-0.1, -0.05) is 37.3 Å². The topological polar surface area (TPSA) is 69.3 Å². The van der Waals surface area contributed by atoms with Crippen molar-refractivity contribution in [2.75, 3.05) is 26.2 Å². The zero-order valence-corrected chi connectivity index (χ0v) is 17.9. The van der Waals surface area contributed by atoms with Crippen molar-refractivity contribution in [1.29, 1.82) is 0 Å². The second-order valence-electron chi connectivity index (χ2n) is 7.62. The summed E-state index contributed by atoms with van der Waals surface area (Å²) >= 11 is 1.72. The average molecular weight is 423 g/mol. The van der Waals surface area contributed by atoms with Crippen LogP contribution in [-0.4, -0.2) is 58.0 Å². The first-order valence-corrected chi connectivity index (χ1v) is 11.2. The normalized spacial score (nSPS) is 17.2. The second-order valence-corrected chi connectivity index (χ2v) is 8.57. The van der Waals surface area contributed by atoms with Crippen LogP contribution in [0.4, 0.5) is 0 Å². The molecule has 1 aliphatic heterocycles. The van der Waals surface area contributed by atoms with Gasteiger partial charge in [0.05, 0.1) is 5.92 Å². The van der Waals surface area contributed by atoms with Crippen molar-refractivity contribution >= 4 is 23.2 Å². The molecule has 0 saturated carbocycles. The number of carbonyl (C=O) groups is 2. The van der Waals surface area contributed by atoms with E-state index in [1.807, 2.05) is 11.0 Å². The van der Waals surface area contributed by atoms with Gasteiger partial charge in [0, 0.05) is 37.3 Å². The number of benzene rings is 1. The van der Waals surface area contributed by atoms with Crippen LogP contribution in [0.1, 0.15) is 29.4 Å². The number of hydrogen-bond donors (Lipinski definition) is 1. The van der Waals surface area contributed by atoms with E-state index in [9.17, 15) is 9.59 Å². The third kappa shape index (κ3) is 4.46. The summed E-state index contributed by atoms with van der Waals surface area (Å²) in [6.45, 7) is 4.32. The number of hydrogen-bond acceptors (Lipinski definition) is 4. The highest BCUT2D eigenvalue weighted by atomic mass is 32.1. The molecule has 0 radical (unpaired) electrons. The predicted molar refractivity (Wildman–Crippen MR) is 118 cm³/mol. The molecule has 30 heavy (non-hydrogen) atoms. The Bertz CT molecular complexity index is 967. The first-order valence-electron chi connectivity index (χ1n) is 10.4. The van der Waals surface area contributed by atoms with Crippen molar-refractivity contribution in [2.24, 2.45) is 5.92 Å². The van der Waals surface area contributed by atoms with Gasteiger partial charge in [0.1, 0.15) is 5.69 Å². The summed E-state index contributed by atoms with van der Waals surface area (Å²) in [4.78, 5) is 31.0. The van der Waals surface area contributed by atoms with Crippen LogP contribution >= 0.6 is 11.3 Å². The SMILES string of the molecule is CCCN1CCN(C(=O)c2ccn[nH]2)C[C@H](Cc2ccc(-c3cccs3)cc2)C1=O. The Labute approximate surface area is 180 Å². The Morgan fingerprint density at radius 3 is 2.70 bits per heavy atom. The molecular formula is C23H26N4O2S. The van der Waals surface area contributed by atoms with Gasteiger partial charge in [-0.15, -0.1) is 11.3 Å². The molecule has 4 rings (SSSR count). The van der Waals surface area contributed by atoms with E-state index in [0.717, 1.165) is 18.5 Å². The Kier molecular flexibility index (Phi) is 6.28. The van der Waals surface area contributed by atoms with Crippen molar-refractivity contribution in [3.05, 3.63) is 65.3 Å². The minimum Gasteiger partial charge on any atom is -0.341 e. The van der Waals surface area contributed by atoms with E-state index < -0.39 is 0 Å². The molecular weight excluding hydrogens is 396 g/mol. The second kappa shape index (κ2) is 9.26. The van der Waals surface area contributed by atoms with Crippen LogP contribution in [0.5, 0.6) is 0 Å². The predicted octanol–water partition coefficient (Wildman–Crippen LogP) is 3.69.